The number of carbonyl (C=O) groups is 3. The minimum Gasteiger partial charge on any atom is -0.493 e. The molecule has 4 rings (SSSR count). The van der Waals surface area contributed by atoms with Crippen molar-refractivity contribution in [3.63, 3.8) is 0 Å². The van der Waals surface area contributed by atoms with E-state index in [0.29, 0.717) is 16.8 Å². The molecule has 0 saturated carbocycles. The highest BCUT2D eigenvalue weighted by atomic mass is 19.3. The quantitative estimate of drug-likeness (QED) is 0.579. The van der Waals surface area contributed by atoms with Crippen LogP contribution in [0.2, 0.25) is 0 Å². The Morgan fingerprint density at radius 1 is 0.906 bits per heavy atom. The van der Waals surface area contributed by atoms with Gasteiger partial charge in [0.2, 0.25) is 0 Å². The number of methoxy groups -OCH3 is 1. The molecule has 0 aromatic heterocycles. The molecule has 0 saturated heterocycles. The van der Waals surface area contributed by atoms with Crippen LogP contribution in [0.15, 0.2) is 66.7 Å². The molecule has 7 nitrogen and oxygen atoms in total. The number of rotatable bonds is 6. The summed E-state index contributed by atoms with van der Waals surface area (Å²) in [6.45, 7) is -3.08. The molecule has 1 heterocycles. The molecule has 3 amide bonds. The lowest BCUT2D eigenvalue weighted by Crippen LogP contribution is -2.29. The van der Waals surface area contributed by atoms with E-state index in [-0.39, 0.29) is 22.7 Å². The van der Waals surface area contributed by atoms with Crippen LogP contribution >= 0.6 is 0 Å². The Bertz CT molecular complexity index is 1190. The number of imide groups is 1. The number of ether oxygens (including phenoxy) is 2. The second kappa shape index (κ2) is 8.46. The van der Waals surface area contributed by atoms with Crippen LogP contribution in [0.3, 0.4) is 0 Å². The summed E-state index contributed by atoms with van der Waals surface area (Å²) in [7, 11) is 1.29. The number of anilines is 2. The number of hydrogen-bond donors (Lipinski definition) is 1. The zero-order valence-corrected chi connectivity index (χ0v) is 16.7. The van der Waals surface area contributed by atoms with Gasteiger partial charge < -0.3 is 14.8 Å². The van der Waals surface area contributed by atoms with Crippen LogP contribution in [0, 0.1) is 0 Å². The van der Waals surface area contributed by atoms with E-state index >= 15 is 0 Å². The average molecular weight is 438 g/mol. The van der Waals surface area contributed by atoms with E-state index in [1.54, 1.807) is 42.5 Å². The maximum Gasteiger partial charge on any atom is 0.387 e. The number of fused-ring (bicyclic) bond motifs is 1. The second-order valence-electron chi connectivity index (χ2n) is 6.74. The van der Waals surface area contributed by atoms with E-state index in [9.17, 15) is 23.2 Å². The van der Waals surface area contributed by atoms with E-state index in [1.807, 2.05) is 0 Å². The largest absolute Gasteiger partial charge is 0.493 e. The maximum atomic E-state index is 12.7. The summed E-state index contributed by atoms with van der Waals surface area (Å²) in [4.78, 5) is 39.0. The lowest BCUT2D eigenvalue weighted by atomic mass is 10.1. The third-order valence-electron chi connectivity index (χ3n) is 4.80. The van der Waals surface area contributed by atoms with Gasteiger partial charge in [0.1, 0.15) is 0 Å². The Balaban J connectivity index is 1.57. The fraction of sp³-hybridized carbons (Fsp3) is 0.0870. The summed E-state index contributed by atoms with van der Waals surface area (Å²) in [6, 6.07) is 16.5. The number of nitrogens with one attached hydrogen (secondary N) is 1. The van der Waals surface area contributed by atoms with Crippen LogP contribution in [-0.4, -0.2) is 31.4 Å². The van der Waals surface area contributed by atoms with Crippen molar-refractivity contribution >= 4 is 29.1 Å². The van der Waals surface area contributed by atoms with Gasteiger partial charge >= 0.3 is 6.61 Å². The lowest BCUT2D eigenvalue weighted by Gasteiger charge is -2.16. The maximum absolute atomic E-state index is 12.7. The average Bonchev–Trinajstić information content (AvgIpc) is 3.04. The molecule has 3 aromatic rings. The summed E-state index contributed by atoms with van der Waals surface area (Å²) in [5, 5.41) is 2.62. The number of alkyl halides is 2. The van der Waals surface area contributed by atoms with Crippen LogP contribution in [0.25, 0.3) is 0 Å². The second-order valence-corrected chi connectivity index (χ2v) is 6.74. The van der Waals surface area contributed by atoms with Crippen LogP contribution in [0.1, 0.15) is 31.1 Å². The molecule has 0 aliphatic carbocycles. The summed E-state index contributed by atoms with van der Waals surface area (Å²) in [5.74, 6) is -1.76. The van der Waals surface area contributed by atoms with Gasteiger partial charge in [0.05, 0.1) is 23.9 Å². The molecule has 0 unspecified atom stereocenters. The predicted molar refractivity (Wildman–Crippen MR) is 112 cm³/mol. The Labute approximate surface area is 181 Å². The molecule has 9 heteroatoms. The topological polar surface area (TPSA) is 84.9 Å². The molecular weight excluding hydrogens is 422 g/mol. The smallest absolute Gasteiger partial charge is 0.387 e. The Morgan fingerprint density at radius 3 is 2.22 bits per heavy atom. The van der Waals surface area contributed by atoms with Crippen molar-refractivity contribution in [2.45, 2.75) is 6.61 Å². The highest BCUT2D eigenvalue weighted by Gasteiger charge is 2.36. The highest BCUT2D eigenvalue weighted by molar-refractivity contribution is 6.34. The number of carbonyl (C=O) groups excluding carboxylic acids is 3. The Kier molecular flexibility index (Phi) is 5.55. The molecule has 3 aromatic carbocycles. The summed E-state index contributed by atoms with van der Waals surface area (Å²) < 4.78 is 34.6. The molecule has 0 bridgehead atoms. The van der Waals surface area contributed by atoms with Crippen LogP contribution < -0.4 is 19.7 Å². The van der Waals surface area contributed by atoms with Gasteiger partial charge in [-0.15, -0.1) is 0 Å². The molecule has 32 heavy (non-hydrogen) atoms. The number of hydrogen-bond acceptors (Lipinski definition) is 5. The van der Waals surface area contributed by atoms with Crippen molar-refractivity contribution in [1.82, 2.24) is 0 Å². The van der Waals surface area contributed by atoms with Crippen molar-refractivity contribution < 1.29 is 32.6 Å². The van der Waals surface area contributed by atoms with E-state index in [0.717, 1.165) is 11.0 Å². The molecule has 162 valence electrons. The number of nitrogens with zero attached hydrogens (tertiary/aromatic N) is 1. The molecule has 0 spiro atoms. The van der Waals surface area contributed by atoms with Gasteiger partial charge in [-0.3, -0.25) is 14.4 Å². The Hall–Kier alpha value is -4.27. The van der Waals surface area contributed by atoms with Crippen molar-refractivity contribution in [2.24, 2.45) is 0 Å². The minimum atomic E-state index is -3.08. The molecule has 1 N–H and O–H groups in total. The first-order chi connectivity index (χ1) is 15.4. The van der Waals surface area contributed by atoms with Gasteiger partial charge in [0, 0.05) is 11.3 Å². The van der Waals surface area contributed by atoms with Crippen LogP contribution in [0.4, 0.5) is 20.2 Å². The van der Waals surface area contributed by atoms with E-state index < -0.39 is 24.3 Å². The zero-order valence-electron chi connectivity index (χ0n) is 16.7. The van der Waals surface area contributed by atoms with Crippen molar-refractivity contribution in [3.05, 3.63) is 83.4 Å². The number of halogens is 2. The van der Waals surface area contributed by atoms with Crippen LogP contribution in [-0.2, 0) is 0 Å². The fourth-order valence-corrected chi connectivity index (χ4v) is 3.36. The molecule has 0 fully saturated rings. The fourth-order valence-electron chi connectivity index (χ4n) is 3.36. The van der Waals surface area contributed by atoms with Gasteiger partial charge in [-0.05, 0) is 48.5 Å². The van der Waals surface area contributed by atoms with Gasteiger partial charge in [0.15, 0.2) is 11.5 Å². The summed E-state index contributed by atoms with van der Waals surface area (Å²) in [5.41, 5.74) is 1.24. The summed E-state index contributed by atoms with van der Waals surface area (Å²) >= 11 is 0. The van der Waals surface area contributed by atoms with Gasteiger partial charge in [0.25, 0.3) is 17.7 Å². The van der Waals surface area contributed by atoms with Crippen molar-refractivity contribution in [3.8, 4) is 11.5 Å². The van der Waals surface area contributed by atoms with Crippen molar-refractivity contribution in [2.75, 3.05) is 17.3 Å². The Morgan fingerprint density at radius 2 is 1.59 bits per heavy atom. The van der Waals surface area contributed by atoms with E-state index in [1.165, 1.54) is 25.3 Å². The monoisotopic (exact) mass is 438 g/mol. The third kappa shape index (κ3) is 3.87. The molecular formula is C23H16F2N2O5. The van der Waals surface area contributed by atoms with Gasteiger partial charge in [-0.1, -0.05) is 18.2 Å². The number of amides is 3. The highest BCUT2D eigenvalue weighted by Crippen LogP contribution is 2.31. The molecule has 1 aliphatic heterocycles. The zero-order chi connectivity index (χ0) is 22.8. The number of benzene rings is 3. The standard InChI is InChI=1S/C23H16F2N2O5/c1-31-18-10-9-13(11-19(18)32-23(24)25)20(28)26-14-5-4-6-15(12-14)27-21(29)16-7-2-3-8-17(16)22(27)30/h2-12,23H,1H3,(H,26,28). The molecule has 0 atom stereocenters. The van der Waals surface area contributed by atoms with E-state index in [4.69, 9.17) is 4.74 Å². The van der Waals surface area contributed by atoms with Crippen molar-refractivity contribution in [1.29, 1.82) is 0 Å². The third-order valence-corrected chi connectivity index (χ3v) is 4.80. The lowest BCUT2D eigenvalue weighted by molar-refractivity contribution is -0.0512. The predicted octanol–water partition coefficient (Wildman–Crippen LogP) is 4.35. The van der Waals surface area contributed by atoms with Crippen LogP contribution in [0.5, 0.6) is 11.5 Å². The van der Waals surface area contributed by atoms with Gasteiger partial charge in [-0.25, -0.2) is 4.90 Å². The first kappa shape index (κ1) is 21.0. The SMILES string of the molecule is COc1ccc(C(=O)Nc2cccc(N3C(=O)c4ccccc4C3=O)c2)cc1OC(F)F. The first-order valence-electron chi connectivity index (χ1n) is 9.41. The first-order valence-corrected chi connectivity index (χ1v) is 9.41. The normalized spacial score (nSPS) is 12.7. The molecule has 1 aliphatic rings. The van der Waals surface area contributed by atoms with Gasteiger partial charge in [-0.2, -0.15) is 8.78 Å². The molecule has 0 radical (unpaired) electrons. The van der Waals surface area contributed by atoms with E-state index in [2.05, 4.69) is 10.1 Å². The summed E-state index contributed by atoms with van der Waals surface area (Å²) in [6.07, 6.45) is 0. The minimum absolute atomic E-state index is 0.0487.